The molecule has 0 bridgehead atoms. The number of hydrogen-bond donors (Lipinski definition) is 0. The summed E-state index contributed by atoms with van der Waals surface area (Å²) >= 11 is 1.32. The van der Waals surface area contributed by atoms with Crippen LogP contribution in [0.2, 0.25) is 0 Å². The Morgan fingerprint density at radius 1 is 1.41 bits per heavy atom. The summed E-state index contributed by atoms with van der Waals surface area (Å²) in [6.45, 7) is 4.30. The second-order valence-corrected chi connectivity index (χ2v) is 7.73. The van der Waals surface area contributed by atoms with Crippen LogP contribution in [0.5, 0.6) is 0 Å². The number of nitrogens with zero attached hydrogens (tertiary/aromatic N) is 5. The number of benzene rings is 1. The highest BCUT2D eigenvalue weighted by atomic mass is 32.2. The first kappa shape index (κ1) is 19.4. The van der Waals surface area contributed by atoms with Gasteiger partial charge < -0.3 is 9.47 Å². The van der Waals surface area contributed by atoms with Crippen molar-refractivity contribution in [1.29, 1.82) is 5.26 Å². The van der Waals surface area contributed by atoms with Gasteiger partial charge in [0.25, 0.3) is 0 Å². The molecule has 0 radical (unpaired) electrons. The van der Waals surface area contributed by atoms with Gasteiger partial charge in [0.1, 0.15) is 11.6 Å². The molecule has 2 aromatic rings. The van der Waals surface area contributed by atoms with Gasteiger partial charge in [-0.15, -0.1) is 10.2 Å². The Balaban J connectivity index is 1.75. The van der Waals surface area contributed by atoms with Gasteiger partial charge in [0, 0.05) is 18.5 Å². The number of para-hydroxylation sites is 1. The van der Waals surface area contributed by atoms with Gasteiger partial charge >= 0.3 is 0 Å². The Bertz CT molecular complexity index is 856. The number of nitriles is 1. The molecule has 1 aromatic heterocycles. The Morgan fingerprint density at radius 3 is 2.78 bits per heavy atom. The van der Waals surface area contributed by atoms with Crippen LogP contribution in [0.1, 0.15) is 50.9 Å². The second kappa shape index (κ2) is 8.53. The average Bonchev–Trinajstić information content (AvgIpc) is 3.40. The standard InChI is InChI=1S/C19H22FN5OS/c1-13(2)18-22-23-19(25(18)14-8-9-14)27-12-17(26)24(11-5-10-21)16-7-4-3-6-15(16)20/h3-4,6-7,13-14H,5,8-9,11-12H2,1-2H3. The topological polar surface area (TPSA) is 74.8 Å². The fraction of sp³-hybridized carbons (Fsp3) is 0.474. The number of anilines is 1. The molecule has 0 N–H and O–H groups in total. The first-order valence-corrected chi connectivity index (χ1v) is 10.0. The zero-order chi connectivity index (χ0) is 19.4. The molecule has 1 aliphatic carbocycles. The van der Waals surface area contributed by atoms with Gasteiger partial charge in [0.15, 0.2) is 5.16 Å². The van der Waals surface area contributed by atoms with E-state index in [4.69, 9.17) is 5.26 Å². The minimum Gasteiger partial charge on any atom is -0.308 e. The molecule has 1 amide bonds. The number of amides is 1. The molecule has 142 valence electrons. The molecular formula is C19H22FN5OS. The number of halogens is 1. The third-order valence-corrected chi connectivity index (χ3v) is 5.26. The molecule has 0 unspecified atom stereocenters. The van der Waals surface area contributed by atoms with Crippen LogP contribution in [0.25, 0.3) is 0 Å². The zero-order valence-corrected chi connectivity index (χ0v) is 16.2. The van der Waals surface area contributed by atoms with Crippen LogP contribution < -0.4 is 4.90 Å². The van der Waals surface area contributed by atoms with Crippen molar-refractivity contribution in [2.45, 2.75) is 50.2 Å². The summed E-state index contributed by atoms with van der Waals surface area (Å²) in [7, 11) is 0. The SMILES string of the molecule is CC(C)c1nnc(SCC(=O)N(CCC#N)c2ccccc2F)n1C1CC1. The van der Waals surface area contributed by atoms with Crippen molar-refractivity contribution in [3.8, 4) is 6.07 Å². The molecule has 1 heterocycles. The predicted octanol–water partition coefficient (Wildman–Crippen LogP) is 3.91. The fourth-order valence-corrected chi connectivity index (χ4v) is 3.76. The lowest BCUT2D eigenvalue weighted by atomic mass is 10.2. The van der Waals surface area contributed by atoms with Gasteiger partial charge in [-0.25, -0.2) is 4.39 Å². The summed E-state index contributed by atoms with van der Waals surface area (Å²) in [5, 5.41) is 18.1. The molecule has 1 fully saturated rings. The Morgan fingerprint density at radius 2 is 2.15 bits per heavy atom. The van der Waals surface area contributed by atoms with Crippen molar-refractivity contribution < 1.29 is 9.18 Å². The monoisotopic (exact) mass is 387 g/mol. The summed E-state index contributed by atoms with van der Waals surface area (Å²) < 4.78 is 16.3. The number of rotatable bonds is 8. The predicted molar refractivity (Wildman–Crippen MR) is 102 cm³/mol. The number of carbonyl (C=O) groups excluding carboxylic acids is 1. The summed E-state index contributed by atoms with van der Waals surface area (Å²) in [4.78, 5) is 14.1. The first-order chi connectivity index (χ1) is 13.0. The van der Waals surface area contributed by atoms with E-state index in [0.29, 0.717) is 6.04 Å². The van der Waals surface area contributed by atoms with Crippen molar-refractivity contribution in [1.82, 2.24) is 14.8 Å². The molecule has 1 aliphatic rings. The van der Waals surface area contributed by atoms with Gasteiger partial charge in [0.2, 0.25) is 5.91 Å². The molecule has 0 spiro atoms. The highest BCUT2D eigenvalue weighted by Gasteiger charge is 2.31. The van der Waals surface area contributed by atoms with Gasteiger partial charge in [-0.3, -0.25) is 4.79 Å². The highest BCUT2D eigenvalue weighted by Crippen LogP contribution is 2.40. The Kier molecular flexibility index (Phi) is 6.11. The van der Waals surface area contributed by atoms with Crippen LogP contribution in [0, 0.1) is 17.1 Å². The number of thioether (sulfide) groups is 1. The molecule has 0 atom stereocenters. The highest BCUT2D eigenvalue weighted by molar-refractivity contribution is 7.99. The van der Waals surface area contributed by atoms with E-state index in [-0.39, 0.29) is 36.2 Å². The molecule has 27 heavy (non-hydrogen) atoms. The number of hydrogen-bond acceptors (Lipinski definition) is 5. The third-order valence-electron chi connectivity index (χ3n) is 4.34. The molecule has 8 heteroatoms. The first-order valence-electron chi connectivity index (χ1n) is 9.02. The van der Waals surface area contributed by atoms with Crippen LogP contribution in [0.3, 0.4) is 0 Å². The molecular weight excluding hydrogens is 365 g/mol. The van der Waals surface area contributed by atoms with Crippen molar-refractivity contribution >= 4 is 23.4 Å². The van der Waals surface area contributed by atoms with Gasteiger partial charge in [-0.1, -0.05) is 37.7 Å². The molecule has 1 saturated carbocycles. The minimum absolute atomic E-state index is 0.114. The van der Waals surface area contributed by atoms with E-state index in [1.54, 1.807) is 18.2 Å². The van der Waals surface area contributed by atoms with Gasteiger partial charge in [-0.05, 0) is 25.0 Å². The molecule has 0 saturated heterocycles. The van der Waals surface area contributed by atoms with Crippen LogP contribution in [0.4, 0.5) is 10.1 Å². The van der Waals surface area contributed by atoms with Crippen LogP contribution in [0.15, 0.2) is 29.4 Å². The fourth-order valence-electron chi connectivity index (χ4n) is 2.87. The van der Waals surface area contributed by atoms with E-state index in [2.05, 4.69) is 28.6 Å². The largest absolute Gasteiger partial charge is 0.308 e. The number of carbonyl (C=O) groups is 1. The summed E-state index contributed by atoms with van der Waals surface area (Å²) in [6.07, 6.45) is 2.34. The van der Waals surface area contributed by atoms with Crippen molar-refractivity contribution in [2.75, 3.05) is 17.2 Å². The maximum atomic E-state index is 14.2. The van der Waals surface area contributed by atoms with E-state index in [9.17, 15) is 9.18 Å². The van der Waals surface area contributed by atoms with Crippen LogP contribution in [-0.4, -0.2) is 33.0 Å². The minimum atomic E-state index is -0.475. The van der Waals surface area contributed by atoms with Gasteiger partial charge in [-0.2, -0.15) is 5.26 Å². The zero-order valence-electron chi connectivity index (χ0n) is 15.4. The van der Waals surface area contributed by atoms with Crippen molar-refractivity contribution in [3.63, 3.8) is 0 Å². The lowest BCUT2D eigenvalue weighted by Gasteiger charge is -2.22. The normalized spacial score (nSPS) is 13.6. The van der Waals surface area contributed by atoms with Crippen LogP contribution >= 0.6 is 11.8 Å². The van der Waals surface area contributed by atoms with E-state index in [1.165, 1.54) is 22.7 Å². The van der Waals surface area contributed by atoms with E-state index in [0.717, 1.165) is 23.8 Å². The number of aromatic nitrogens is 3. The average molecular weight is 387 g/mol. The van der Waals surface area contributed by atoms with E-state index >= 15 is 0 Å². The molecule has 6 nitrogen and oxygen atoms in total. The summed E-state index contributed by atoms with van der Waals surface area (Å²) in [5.41, 5.74) is 0.199. The van der Waals surface area contributed by atoms with Crippen molar-refractivity contribution in [3.05, 3.63) is 35.9 Å². The van der Waals surface area contributed by atoms with E-state index < -0.39 is 5.82 Å². The quantitative estimate of drug-likeness (QED) is 0.642. The van der Waals surface area contributed by atoms with Gasteiger partial charge in [0.05, 0.1) is 23.9 Å². The molecule has 1 aromatic carbocycles. The maximum absolute atomic E-state index is 14.2. The molecule has 0 aliphatic heterocycles. The summed E-state index contributed by atoms with van der Waals surface area (Å²) in [6, 6.07) is 8.55. The van der Waals surface area contributed by atoms with E-state index in [1.807, 2.05) is 6.07 Å². The smallest absolute Gasteiger partial charge is 0.237 e. The van der Waals surface area contributed by atoms with Crippen molar-refractivity contribution in [2.24, 2.45) is 0 Å². The van der Waals surface area contributed by atoms with Crippen LogP contribution in [-0.2, 0) is 4.79 Å². The Hall–Kier alpha value is -2.40. The third kappa shape index (κ3) is 4.48. The lowest BCUT2D eigenvalue weighted by molar-refractivity contribution is -0.116. The molecule has 3 rings (SSSR count). The Labute approximate surface area is 162 Å². The summed E-state index contributed by atoms with van der Waals surface area (Å²) in [5.74, 6) is 0.577. The lowest BCUT2D eigenvalue weighted by Crippen LogP contribution is -2.34. The maximum Gasteiger partial charge on any atom is 0.237 e. The second-order valence-electron chi connectivity index (χ2n) is 6.79.